The lowest BCUT2D eigenvalue weighted by molar-refractivity contribution is 0.200. The van der Waals surface area contributed by atoms with Gasteiger partial charge in [0.25, 0.3) is 0 Å². The van der Waals surface area contributed by atoms with Crippen molar-refractivity contribution >= 4 is 23.3 Å². The van der Waals surface area contributed by atoms with Crippen LogP contribution in [0, 0.1) is 6.92 Å². The zero-order valence-corrected chi connectivity index (χ0v) is 15.0. The first kappa shape index (κ1) is 17.9. The number of urea groups is 1. The Morgan fingerprint density at radius 3 is 2.65 bits per heavy atom. The van der Waals surface area contributed by atoms with Crippen LogP contribution >= 0.6 is 11.6 Å². The predicted molar refractivity (Wildman–Crippen MR) is 101 cm³/mol. The molecule has 2 amide bonds. The lowest BCUT2D eigenvalue weighted by Crippen LogP contribution is -2.34. The first-order chi connectivity index (χ1) is 12.5. The van der Waals surface area contributed by atoms with Crippen LogP contribution in [-0.4, -0.2) is 16.0 Å². The Balaban J connectivity index is 1.81. The lowest BCUT2D eigenvalue weighted by Gasteiger charge is -2.23. The van der Waals surface area contributed by atoms with Gasteiger partial charge in [0.05, 0.1) is 19.4 Å². The average Bonchev–Trinajstić information content (AvgIpc) is 3.12. The van der Waals surface area contributed by atoms with Crippen molar-refractivity contribution in [3.05, 3.63) is 82.8 Å². The van der Waals surface area contributed by atoms with Crippen LogP contribution in [0.4, 0.5) is 10.5 Å². The van der Waals surface area contributed by atoms with E-state index in [1.807, 2.05) is 13.0 Å². The molecule has 3 aromatic rings. The van der Waals surface area contributed by atoms with E-state index in [1.54, 1.807) is 59.7 Å². The number of hydrogen-bond donors (Lipinski definition) is 2. The zero-order chi connectivity index (χ0) is 18.5. The van der Waals surface area contributed by atoms with Gasteiger partial charge in [-0.15, -0.1) is 0 Å². The third-order valence-corrected chi connectivity index (χ3v) is 4.23. The Bertz CT molecular complexity index is 894. The van der Waals surface area contributed by atoms with Crippen LogP contribution in [0.2, 0.25) is 5.02 Å². The summed E-state index contributed by atoms with van der Waals surface area (Å²) in [5, 5.41) is 13.5. The Kier molecular flexibility index (Phi) is 5.49. The second kappa shape index (κ2) is 7.97. The molecule has 0 unspecified atom stereocenters. The van der Waals surface area contributed by atoms with Gasteiger partial charge in [-0.25, -0.2) is 4.79 Å². The number of phenolic OH excluding ortho intramolecular Hbond substituents is 1. The number of anilines is 1. The molecule has 0 atom stereocenters. The number of nitrogens with zero attached hydrogens (tertiary/aromatic N) is 1. The summed E-state index contributed by atoms with van der Waals surface area (Å²) in [7, 11) is 0. The topological polar surface area (TPSA) is 65.7 Å². The fourth-order valence-corrected chi connectivity index (χ4v) is 2.83. The standard InChI is InChI=1S/C20H19ClN2O3/c1-14-11-16(21)8-9-18(14)22-20(25)23(13-17-6-4-10-26-17)12-15-5-2-3-7-19(15)24/h2-11,24H,12-13H2,1H3,(H,22,25). The molecule has 134 valence electrons. The first-order valence-electron chi connectivity index (χ1n) is 8.14. The predicted octanol–water partition coefficient (Wildman–Crippen LogP) is 5.18. The van der Waals surface area contributed by atoms with Gasteiger partial charge in [0.2, 0.25) is 0 Å². The number of hydrogen-bond acceptors (Lipinski definition) is 3. The molecule has 3 rings (SSSR count). The molecule has 0 bridgehead atoms. The molecule has 0 radical (unpaired) electrons. The number of benzene rings is 2. The molecule has 0 aliphatic heterocycles. The molecule has 0 fully saturated rings. The number of phenols is 1. The van der Waals surface area contributed by atoms with Gasteiger partial charge >= 0.3 is 6.03 Å². The van der Waals surface area contributed by atoms with Gasteiger partial charge in [-0.2, -0.15) is 0 Å². The summed E-state index contributed by atoms with van der Waals surface area (Å²) in [6.45, 7) is 2.40. The minimum Gasteiger partial charge on any atom is -0.508 e. The second-order valence-corrected chi connectivity index (χ2v) is 6.39. The van der Waals surface area contributed by atoms with Crippen molar-refractivity contribution in [2.24, 2.45) is 0 Å². The summed E-state index contributed by atoms with van der Waals surface area (Å²) in [6, 6.07) is 15.5. The van der Waals surface area contributed by atoms with Crippen LogP contribution < -0.4 is 5.32 Å². The lowest BCUT2D eigenvalue weighted by atomic mass is 10.2. The van der Waals surface area contributed by atoms with E-state index in [-0.39, 0.29) is 24.9 Å². The van der Waals surface area contributed by atoms with E-state index in [9.17, 15) is 9.90 Å². The molecule has 1 heterocycles. The van der Waals surface area contributed by atoms with E-state index in [0.717, 1.165) is 5.56 Å². The molecular weight excluding hydrogens is 352 g/mol. The van der Waals surface area contributed by atoms with Crippen molar-refractivity contribution < 1.29 is 14.3 Å². The summed E-state index contributed by atoms with van der Waals surface area (Å²) in [5.74, 6) is 0.802. The summed E-state index contributed by atoms with van der Waals surface area (Å²) in [5.41, 5.74) is 2.20. The second-order valence-electron chi connectivity index (χ2n) is 5.95. The SMILES string of the molecule is Cc1cc(Cl)ccc1NC(=O)N(Cc1ccco1)Cc1ccccc1O. The van der Waals surface area contributed by atoms with Gasteiger partial charge in [0, 0.05) is 16.3 Å². The van der Waals surface area contributed by atoms with Crippen LogP contribution in [0.15, 0.2) is 65.3 Å². The third-order valence-electron chi connectivity index (χ3n) is 4.00. The normalized spacial score (nSPS) is 10.5. The Hall–Kier alpha value is -2.92. The van der Waals surface area contributed by atoms with Crippen LogP contribution in [0.25, 0.3) is 0 Å². The van der Waals surface area contributed by atoms with Crippen LogP contribution in [-0.2, 0) is 13.1 Å². The van der Waals surface area contributed by atoms with Gasteiger partial charge < -0.3 is 19.7 Å². The summed E-state index contributed by atoms with van der Waals surface area (Å²) in [4.78, 5) is 14.4. The smallest absolute Gasteiger partial charge is 0.322 e. The van der Waals surface area contributed by atoms with E-state index in [0.29, 0.717) is 22.0 Å². The maximum atomic E-state index is 12.9. The number of furan rings is 1. The van der Waals surface area contributed by atoms with Crippen LogP contribution in [0.1, 0.15) is 16.9 Å². The van der Waals surface area contributed by atoms with Crippen molar-refractivity contribution in [2.45, 2.75) is 20.0 Å². The number of amides is 2. The monoisotopic (exact) mass is 370 g/mol. The summed E-state index contributed by atoms with van der Waals surface area (Å²) in [6.07, 6.45) is 1.56. The summed E-state index contributed by atoms with van der Waals surface area (Å²) < 4.78 is 5.37. The number of carbonyl (C=O) groups excluding carboxylic acids is 1. The molecule has 0 aliphatic carbocycles. The summed E-state index contributed by atoms with van der Waals surface area (Å²) >= 11 is 5.97. The molecule has 6 heteroatoms. The van der Waals surface area contributed by atoms with E-state index < -0.39 is 0 Å². The number of nitrogens with one attached hydrogen (secondary N) is 1. The Morgan fingerprint density at radius 2 is 1.96 bits per heavy atom. The first-order valence-corrected chi connectivity index (χ1v) is 8.52. The van der Waals surface area contributed by atoms with Gasteiger partial charge in [0.15, 0.2) is 0 Å². The van der Waals surface area contributed by atoms with Gasteiger partial charge in [-0.3, -0.25) is 0 Å². The van der Waals surface area contributed by atoms with Crippen molar-refractivity contribution in [3.8, 4) is 5.75 Å². The molecule has 26 heavy (non-hydrogen) atoms. The number of para-hydroxylation sites is 1. The zero-order valence-electron chi connectivity index (χ0n) is 14.3. The van der Waals surface area contributed by atoms with Crippen molar-refractivity contribution in [1.82, 2.24) is 4.90 Å². The molecule has 2 aromatic carbocycles. The fraction of sp³-hybridized carbons (Fsp3) is 0.150. The van der Waals surface area contributed by atoms with E-state index in [1.165, 1.54) is 0 Å². The maximum Gasteiger partial charge on any atom is 0.322 e. The number of halogens is 1. The van der Waals surface area contributed by atoms with Crippen molar-refractivity contribution in [2.75, 3.05) is 5.32 Å². The minimum atomic E-state index is -0.296. The number of aromatic hydroxyl groups is 1. The molecule has 0 saturated heterocycles. The Labute approximate surface area is 156 Å². The van der Waals surface area contributed by atoms with E-state index >= 15 is 0 Å². The van der Waals surface area contributed by atoms with Crippen LogP contribution in [0.3, 0.4) is 0 Å². The quantitative estimate of drug-likeness (QED) is 0.650. The van der Waals surface area contributed by atoms with Gasteiger partial charge in [-0.1, -0.05) is 29.8 Å². The highest BCUT2D eigenvalue weighted by Crippen LogP contribution is 2.22. The molecule has 2 N–H and O–H groups in total. The largest absolute Gasteiger partial charge is 0.508 e. The fourth-order valence-electron chi connectivity index (χ4n) is 2.60. The third kappa shape index (κ3) is 4.37. The van der Waals surface area contributed by atoms with Gasteiger partial charge in [-0.05, 0) is 48.9 Å². The van der Waals surface area contributed by atoms with E-state index in [2.05, 4.69) is 5.32 Å². The highest BCUT2D eigenvalue weighted by Gasteiger charge is 2.18. The highest BCUT2D eigenvalue weighted by atomic mass is 35.5. The number of aryl methyl sites for hydroxylation is 1. The average molecular weight is 371 g/mol. The van der Waals surface area contributed by atoms with Crippen molar-refractivity contribution in [1.29, 1.82) is 0 Å². The minimum absolute atomic E-state index is 0.146. The van der Waals surface area contributed by atoms with Gasteiger partial charge in [0.1, 0.15) is 11.5 Å². The highest BCUT2D eigenvalue weighted by molar-refractivity contribution is 6.30. The molecule has 0 aliphatic rings. The number of rotatable bonds is 5. The maximum absolute atomic E-state index is 12.9. The van der Waals surface area contributed by atoms with E-state index in [4.69, 9.17) is 16.0 Å². The number of carbonyl (C=O) groups is 1. The molecule has 5 nitrogen and oxygen atoms in total. The molecular formula is C20H19ClN2O3. The molecule has 0 saturated carbocycles. The van der Waals surface area contributed by atoms with Crippen LogP contribution in [0.5, 0.6) is 5.75 Å². The van der Waals surface area contributed by atoms with Crippen molar-refractivity contribution in [3.63, 3.8) is 0 Å². The molecule has 0 spiro atoms. The molecule has 1 aromatic heterocycles. The Morgan fingerprint density at radius 1 is 1.15 bits per heavy atom.